The fourth-order valence-corrected chi connectivity index (χ4v) is 2.78. The van der Waals surface area contributed by atoms with Crippen LogP contribution in [0.15, 0.2) is 0 Å². The van der Waals surface area contributed by atoms with E-state index in [2.05, 4.69) is 11.8 Å². The Morgan fingerprint density at radius 2 is 2.40 bits per heavy atom. The van der Waals surface area contributed by atoms with Crippen LogP contribution in [0, 0.1) is 5.92 Å². The molecule has 1 saturated heterocycles. The van der Waals surface area contributed by atoms with Crippen molar-refractivity contribution in [2.75, 3.05) is 31.1 Å². The molecule has 0 aromatic rings. The van der Waals surface area contributed by atoms with Gasteiger partial charge in [-0.25, -0.2) is 0 Å². The second kappa shape index (κ2) is 7.12. The topological polar surface area (TPSA) is 40.5 Å². The molecule has 0 amide bonds. The van der Waals surface area contributed by atoms with Crippen LogP contribution in [0.25, 0.3) is 0 Å². The number of piperidine rings is 1. The highest BCUT2D eigenvalue weighted by molar-refractivity contribution is 7.99. The smallest absolute Gasteiger partial charge is 0.303 e. The molecule has 0 spiro atoms. The molecule has 88 valence electrons. The molecule has 1 rings (SSSR count). The first-order valence-electron chi connectivity index (χ1n) is 5.74. The monoisotopic (exact) mass is 231 g/mol. The third-order valence-corrected chi connectivity index (χ3v) is 3.70. The number of thioether (sulfide) groups is 1. The van der Waals surface area contributed by atoms with Crippen molar-refractivity contribution in [3.63, 3.8) is 0 Å². The van der Waals surface area contributed by atoms with E-state index >= 15 is 0 Å². The van der Waals surface area contributed by atoms with Crippen LogP contribution in [0.2, 0.25) is 0 Å². The average Bonchev–Trinajstić information content (AvgIpc) is 2.18. The van der Waals surface area contributed by atoms with E-state index in [-0.39, 0.29) is 0 Å². The van der Waals surface area contributed by atoms with Crippen LogP contribution in [0.4, 0.5) is 0 Å². The number of carboxylic acid groups (broad SMARTS) is 1. The maximum Gasteiger partial charge on any atom is 0.303 e. The van der Waals surface area contributed by atoms with E-state index in [0.29, 0.717) is 12.3 Å². The molecule has 0 saturated carbocycles. The SMILES string of the molecule is CCSCCN1CCCC(CC(=O)O)C1. The first-order chi connectivity index (χ1) is 7.22. The number of likely N-dealkylation sites (tertiary alicyclic amines) is 1. The van der Waals surface area contributed by atoms with Gasteiger partial charge in [0.1, 0.15) is 0 Å². The van der Waals surface area contributed by atoms with Gasteiger partial charge in [-0.2, -0.15) is 11.8 Å². The van der Waals surface area contributed by atoms with Crippen molar-refractivity contribution in [2.24, 2.45) is 5.92 Å². The van der Waals surface area contributed by atoms with Crippen molar-refractivity contribution in [2.45, 2.75) is 26.2 Å². The summed E-state index contributed by atoms with van der Waals surface area (Å²) >= 11 is 1.96. The standard InChI is InChI=1S/C11H21NO2S/c1-2-15-7-6-12-5-3-4-10(9-12)8-11(13)14/h10H,2-9H2,1H3,(H,13,14). The van der Waals surface area contributed by atoms with Crippen molar-refractivity contribution in [3.8, 4) is 0 Å². The Morgan fingerprint density at radius 3 is 3.07 bits per heavy atom. The number of rotatable bonds is 6. The van der Waals surface area contributed by atoms with Gasteiger partial charge in [-0.15, -0.1) is 0 Å². The summed E-state index contributed by atoms with van der Waals surface area (Å²) in [6, 6.07) is 0. The van der Waals surface area contributed by atoms with Crippen LogP contribution in [0.3, 0.4) is 0 Å². The van der Waals surface area contributed by atoms with Gasteiger partial charge < -0.3 is 10.0 Å². The molecule has 0 bridgehead atoms. The Morgan fingerprint density at radius 1 is 1.60 bits per heavy atom. The highest BCUT2D eigenvalue weighted by atomic mass is 32.2. The minimum Gasteiger partial charge on any atom is -0.481 e. The minimum absolute atomic E-state index is 0.345. The fourth-order valence-electron chi connectivity index (χ4n) is 2.11. The van der Waals surface area contributed by atoms with E-state index < -0.39 is 5.97 Å². The second-order valence-corrected chi connectivity index (χ2v) is 5.50. The normalized spacial score (nSPS) is 22.9. The Labute approximate surface area is 96.2 Å². The summed E-state index contributed by atoms with van der Waals surface area (Å²) in [6.07, 6.45) is 2.59. The molecule has 15 heavy (non-hydrogen) atoms. The molecule has 0 radical (unpaired) electrons. The lowest BCUT2D eigenvalue weighted by Gasteiger charge is -2.31. The zero-order valence-electron chi connectivity index (χ0n) is 9.45. The highest BCUT2D eigenvalue weighted by Gasteiger charge is 2.21. The van der Waals surface area contributed by atoms with Crippen molar-refractivity contribution in [1.29, 1.82) is 0 Å². The molecule has 0 aliphatic carbocycles. The predicted molar refractivity (Wildman–Crippen MR) is 64.4 cm³/mol. The van der Waals surface area contributed by atoms with E-state index in [4.69, 9.17) is 5.11 Å². The summed E-state index contributed by atoms with van der Waals surface area (Å²) < 4.78 is 0. The summed E-state index contributed by atoms with van der Waals surface area (Å²) in [7, 11) is 0. The first kappa shape index (κ1) is 12.8. The number of aliphatic carboxylic acids is 1. The van der Waals surface area contributed by atoms with E-state index in [1.54, 1.807) is 0 Å². The average molecular weight is 231 g/mol. The van der Waals surface area contributed by atoms with Crippen LogP contribution in [-0.4, -0.2) is 47.1 Å². The molecule has 3 nitrogen and oxygen atoms in total. The maximum absolute atomic E-state index is 10.6. The quantitative estimate of drug-likeness (QED) is 0.709. The molecule has 1 heterocycles. The molecule has 1 N–H and O–H groups in total. The van der Waals surface area contributed by atoms with Gasteiger partial charge in [-0.3, -0.25) is 4.79 Å². The summed E-state index contributed by atoms with van der Waals surface area (Å²) in [5.41, 5.74) is 0. The number of hydrogen-bond donors (Lipinski definition) is 1. The lowest BCUT2D eigenvalue weighted by Crippen LogP contribution is -2.37. The molecule has 1 aliphatic rings. The minimum atomic E-state index is -0.648. The van der Waals surface area contributed by atoms with Gasteiger partial charge in [0.25, 0.3) is 0 Å². The van der Waals surface area contributed by atoms with Crippen molar-refractivity contribution < 1.29 is 9.90 Å². The van der Waals surface area contributed by atoms with Gasteiger partial charge in [-0.1, -0.05) is 6.92 Å². The Kier molecular flexibility index (Phi) is 6.10. The van der Waals surface area contributed by atoms with Gasteiger partial charge in [0.2, 0.25) is 0 Å². The Balaban J connectivity index is 2.19. The molecule has 1 atom stereocenters. The molecule has 0 aromatic carbocycles. The summed E-state index contributed by atoms with van der Waals surface area (Å²) in [5, 5.41) is 8.74. The van der Waals surface area contributed by atoms with E-state index in [1.807, 2.05) is 11.8 Å². The van der Waals surface area contributed by atoms with Crippen LogP contribution in [0.1, 0.15) is 26.2 Å². The van der Waals surface area contributed by atoms with Gasteiger partial charge in [0, 0.05) is 25.3 Å². The zero-order chi connectivity index (χ0) is 11.1. The Bertz CT molecular complexity index is 199. The second-order valence-electron chi connectivity index (χ2n) is 4.10. The Hall–Kier alpha value is -0.220. The van der Waals surface area contributed by atoms with Crippen molar-refractivity contribution >= 4 is 17.7 Å². The molecule has 1 aliphatic heterocycles. The number of nitrogens with zero attached hydrogens (tertiary/aromatic N) is 1. The lowest BCUT2D eigenvalue weighted by atomic mass is 9.95. The number of hydrogen-bond acceptors (Lipinski definition) is 3. The largest absolute Gasteiger partial charge is 0.481 e. The van der Waals surface area contributed by atoms with E-state index in [9.17, 15) is 4.79 Å². The van der Waals surface area contributed by atoms with E-state index in [0.717, 1.165) is 32.5 Å². The first-order valence-corrected chi connectivity index (χ1v) is 6.89. The molecular formula is C11H21NO2S. The van der Waals surface area contributed by atoms with Crippen molar-refractivity contribution in [1.82, 2.24) is 4.90 Å². The van der Waals surface area contributed by atoms with Gasteiger partial charge >= 0.3 is 5.97 Å². The van der Waals surface area contributed by atoms with E-state index in [1.165, 1.54) is 11.5 Å². The van der Waals surface area contributed by atoms with Crippen LogP contribution in [0.5, 0.6) is 0 Å². The molecule has 4 heteroatoms. The van der Waals surface area contributed by atoms with Gasteiger partial charge in [-0.05, 0) is 31.1 Å². The van der Waals surface area contributed by atoms with Crippen LogP contribution < -0.4 is 0 Å². The summed E-state index contributed by atoms with van der Waals surface area (Å²) in [4.78, 5) is 13.0. The predicted octanol–water partition coefficient (Wildman–Crippen LogP) is 1.93. The number of carbonyl (C=O) groups is 1. The summed E-state index contributed by atoms with van der Waals surface area (Å²) in [5.74, 6) is 2.08. The van der Waals surface area contributed by atoms with Gasteiger partial charge in [0.15, 0.2) is 0 Å². The molecular weight excluding hydrogens is 210 g/mol. The zero-order valence-corrected chi connectivity index (χ0v) is 10.3. The van der Waals surface area contributed by atoms with Crippen molar-refractivity contribution in [3.05, 3.63) is 0 Å². The molecule has 1 unspecified atom stereocenters. The van der Waals surface area contributed by atoms with Crippen LogP contribution in [-0.2, 0) is 4.79 Å². The third-order valence-electron chi connectivity index (χ3n) is 2.82. The lowest BCUT2D eigenvalue weighted by molar-refractivity contribution is -0.138. The van der Waals surface area contributed by atoms with Gasteiger partial charge in [0.05, 0.1) is 0 Å². The third kappa shape index (κ3) is 5.42. The fraction of sp³-hybridized carbons (Fsp3) is 0.909. The number of carboxylic acids is 1. The maximum atomic E-state index is 10.6. The molecule has 1 fully saturated rings. The summed E-state index contributed by atoms with van der Waals surface area (Å²) in [6.45, 7) is 5.43. The van der Waals surface area contributed by atoms with Crippen LogP contribution >= 0.6 is 11.8 Å². The molecule has 0 aromatic heterocycles. The highest BCUT2D eigenvalue weighted by Crippen LogP contribution is 2.19.